The predicted octanol–water partition coefficient (Wildman–Crippen LogP) is 4.26. The first-order chi connectivity index (χ1) is 9.11. The number of rotatable bonds is 3. The molecule has 0 heterocycles. The van der Waals surface area contributed by atoms with Gasteiger partial charge in [-0.05, 0) is 49.2 Å². The molecule has 0 saturated carbocycles. The van der Waals surface area contributed by atoms with Crippen molar-refractivity contribution in [2.24, 2.45) is 0 Å². The Morgan fingerprint density at radius 3 is 2.16 bits per heavy atom. The van der Waals surface area contributed by atoms with Gasteiger partial charge in [0.15, 0.2) is 0 Å². The number of phenols is 1. The first-order valence-electron chi connectivity index (χ1n) is 6.18. The Labute approximate surface area is 115 Å². The first kappa shape index (κ1) is 14.8. The van der Waals surface area contributed by atoms with Crippen molar-refractivity contribution in [3.8, 4) is 11.5 Å². The Morgan fingerprint density at radius 2 is 1.68 bits per heavy atom. The molecule has 19 heavy (non-hydrogen) atoms. The Morgan fingerprint density at radius 1 is 1.05 bits per heavy atom. The van der Waals surface area contributed by atoms with E-state index in [1.165, 1.54) is 5.56 Å². The summed E-state index contributed by atoms with van der Waals surface area (Å²) in [6.07, 6.45) is 1.74. The SMILES string of the molecule is C=CCOc1cccc(C)c1.Cc1cccc(O)c1. The second kappa shape index (κ2) is 7.98. The molecular formula is C17H20O2. The van der Waals surface area contributed by atoms with Gasteiger partial charge in [-0.2, -0.15) is 0 Å². The van der Waals surface area contributed by atoms with E-state index in [-0.39, 0.29) is 0 Å². The zero-order valence-corrected chi connectivity index (χ0v) is 11.5. The fraction of sp³-hybridized carbons (Fsp3) is 0.176. The molecule has 2 aromatic carbocycles. The molecule has 2 rings (SSSR count). The third-order valence-corrected chi connectivity index (χ3v) is 2.36. The van der Waals surface area contributed by atoms with Crippen molar-refractivity contribution in [2.45, 2.75) is 13.8 Å². The van der Waals surface area contributed by atoms with E-state index < -0.39 is 0 Å². The number of hydrogen-bond acceptors (Lipinski definition) is 2. The Hall–Kier alpha value is -2.22. The largest absolute Gasteiger partial charge is 0.508 e. The van der Waals surface area contributed by atoms with Crippen LogP contribution >= 0.6 is 0 Å². The van der Waals surface area contributed by atoms with Gasteiger partial charge < -0.3 is 9.84 Å². The Balaban J connectivity index is 0.000000200. The van der Waals surface area contributed by atoms with E-state index in [0.29, 0.717) is 12.4 Å². The van der Waals surface area contributed by atoms with Crippen molar-refractivity contribution in [3.63, 3.8) is 0 Å². The molecule has 0 spiro atoms. The predicted molar refractivity (Wildman–Crippen MR) is 79.7 cm³/mol. The van der Waals surface area contributed by atoms with Gasteiger partial charge in [-0.25, -0.2) is 0 Å². The van der Waals surface area contributed by atoms with Crippen LogP contribution in [-0.2, 0) is 0 Å². The summed E-state index contributed by atoms with van der Waals surface area (Å²) in [6.45, 7) is 8.13. The molecule has 1 N–H and O–H groups in total. The van der Waals surface area contributed by atoms with Gasteiger partial charge in [0.2, 0.25) is 0 Å². The minimum atomic E-state index is 0.338. The quantitative estimate of drug-likeness (QED) is 0.831. The van der Waals surface area contributed by atoms with E-state index in [2.05, 4.69) is 6.58 Å². The van der Waals surface area contributed by atoms with Gasteiger partial charge in [0.1, 0.15) is 18.1 Å². The van der Waals surface area contributed by atoms with Crippen molar-refractivity contribution in [1.29, 1.82) is 0 Å². The van der Waals surface area contributed by atoms with E-state index in [1.807, 2.05) is 50.2 Å². The number of aryl methyl sites for hydroxylation is 2. The second-order valence-corrected chi connectivity index (χ2v) is 4.26. The standard InChI is InChI=1S/C10H12O.C7H8O/c1-3-7-11-10-6-4-5-9(2)8-10;1-6-3-2-4-7(8)5-6/h3-6,8H,1,7H2,2H3;2-5,8H,1H3. The van der Waals surface area contributed by atoms with Gasteiger partial charge in [-0.3, -0.25) is 0 Å². The molecule has 0 radical (unpaired) electrons. The molecule has 2 aromatic rings. The van der Waals surface area contributed by atoms with Gasteiger partial charge in [0.05, 0.1) is 0 Å². The highest BCUT2D eigenvalue weighted by Gasteiger charge is 1.89. The molecule has 100 valence electrons. The van der Waals surface area contributed by atoms with E-state index in [4.69, 9.17) is 9.84 Å². The third-order valence-electron chi connectivity index (χ3n) is 2.36. The summed E-state index contributed by atoms with van der Waals surface area (Å²) in [7, 11) is 0. The highest BCUT2D eigenvalue weighted by molar-refractivity contribution is 5.27. The number of benzene rings is 2. The average Bonchev–Trinajstić information content (AvgIpc) is 2.37. The minimum Gasteiger partial charge on any atom is -0.508 e. The van der Waals surface area contributed by atoms with Crippen LogP contribution in [0.3, 0.4) is 0 Å². The van der Waals surface area contributed by atoms with Crippen LogP contribution in [0.5, 0.6) is 11.5 Å². The summed E-state index contributed by atoms with van der Waals surface area (Å²) in [5.41, 5.74) is 2.30. The van der Waals surface area contributed by atoms with Crippen molar-refractivity contribution in [2.75, 3.05) is 6.61 Å². The van der Waals surface area contributed by atoms with Crippen LogP contribution in [0.25, 0.3) is 0 Å². The normalized spacial score (nSPS) is 9.16. The smallest absolute Gasteiger partial charge is 0.120 e. The van der Waals surface area contributed by atoms with Crippen LogP contribution < -0.4 is 4.74 Å². The molecule has 2 nitrogen and oxygen atoms in total. The van der Waals surface area contributed by atoms with Crippen LogP contribution in [0.2, 0.25) is 0 Å². The summed E-state index contributed by atoms with van der Waals surface area (Å²) < 4.78 is 5.32. The molecule has 0 aliphatic rings. The molecule has 0 bridgehead atoms. The summed E-state index contributed by atoms with van der Waals surface area (Å²) in [6, 6.07) is 15.1. The summed E-state index contributed by atoms with van der Waals surface area (Å²) in [5.74, 6) is 1.25. The number of ether oxygens (including phenoxy) is 1. The van der Waals surface area contributed by atoms with E-state index in [1.54, 1.807) is 18.2 Å². The fourth-order valence-corrected chi connectivity index (χ4v) is 1.49. The molecule has 2 heteroatoms. The van der Waals surface area contributed by atoms with Gasteiger partial charge in [0.25, 0.3) is 0 Å². The summed E-state index contributed by atoms with van der Waals surface area (Å²) >= 11 is 0. The number of phenolic OH excluding ortho intramolecular Hbond substituents is 1. The molecule has 0 aliphatic heterocycles. The van der Waals surface area contributed by atoms with Crippen molar-refractivity contribution in [1.82, 2.24) is 0 Å². The van der Waals surface area contributed by atoms with Crippen molar-refractivity contribution >= 4 is 0 Å². The summed E-state index contributed by atoms with van der Waals surface area (Å²) in [4.78, 5) is 0. The number of hydrogen-bond donors (Lipinski definition) is 1. The van der Waals surface area contributed by atoms with Gasteiger partial charge in [0, 0.05) is 0 Å². The molecule has 0 aliphatic carbocycles. The van der Waals surface area contributed by atoms with Gasteiger partial charge in [-0.15, -0.1) is 0 Å². The van der Waals surface area contributed by atoms with Crippen molar-refractivity contribution in [3.05, 3.63) is 72.3 Å². The first-order valence-corrected chi connectivity index (χ1v) is 6.18. The van der Waals surface area contributed by atoms with E-state index in [9.17, 15) is 0 Å². The zero-order valence-electron chi connectivity index (χ0n) is 11.5. The van der Waals surface area contributed by atoms with E-state index >= 15 is 0 Å². The maximum Gasteiger partial charge on any atom is 0.120 e. The molecule has 0 atom stereocenters. The fourth-order valence-electron chi connectivity index (χ4n) is 1.49. The highest BCUT2D eigenvalue weighted by atomic mass is 16.5. The molecule has 0 unspecified atom stereocenters. The lowest BCUT2D eigenvalue weighted by atomic mass is 10.2. The van der Waals surface area contributed by atoms with Gasteiger partial charge in [-0.1, -0.05) is 36.9 Å². The maximum absolute atomic E-state index is 8.81. The van der Waals surface area contributed by atoms with Gasteiger partial charge >= 0.3 is 0 Å². The lowest BCUT2D eigenvalue weighted by Crippen LogP contribution is -1.92. The monoisotopic (exact) mass is 256 g/mol. The average molecular weight is 256 g/mol. The topological polar surface area (TPSA) is 29.5 Å². The second-order valence-electron chi connectivity index (χ2n) is 4.26. The molecule has 0 amide bonds. The van der Waals surface area contributed by atoms with Crippen molar-refractivity contribution < 1.29 is 9.84 Å². The zero-order chi connectivity index (χ0) is 14.1. The van der Waals surface area contributed by atoms with Crippen LogP contribution in [0.4, 0.5) is 0 Å². The lowest BCUT2D eigenvalue weighted by Gasteiger charge is -2.02. The van der Waals surface area contributed by atoms with E-state index in [0.717, 1.165) is 11.3 Å². The Kier molecular flexibility index (Phi) is 6.23. The molecule has 0 fully saturated rings. The minimum absolute atomic E-state index is 0.338. The third kappa shape index (κ3) is 6.32. The van der Waals surface area contributed by atoms with Crippen LogP contribution in [-0.4, -0.2) is 11.7 Å². The van der Waals surface area contributed by atoms with Crippen LogP contribution in [0.15, 0.2) is 61.2 Å². The number of aromatic hydroxyl groups is 1. The highest BCUT2D eigenvalue weighted by Crippen LogP contribution is 2.11. The summed E-state index contributed by atoms with van der Waals surface area (Å²) in [5, 5.41) is 8.81. The molecule has 0 aromatic heterocycles. The van der Waals surface area contributed by atoms with Crippen LogP contribution in [0.1, 0.15) is 11.1 Å². The van der Waals surface area contributed by atoms with Crippen LogP contribution in [0, 0.1) is 13.8 Å². The maximum atomic E-state index is 8.81. The molecular weight excluding hydrogens is 236 g/mol. The molecule has 0 saturated heterocycles. The Bertz CT molecular complexity index is 501. The lowest BCUT2D eigenvalue weighted by molar-refractivity contribution is 0.363.